The molecule has 0 amide bonds. The zero-order valence-electron chi connectivity index (χ0n) is 7.72. The van der Waals surface area contributed by atoms with Crippen LogP contribution in [0.5, 0.6) is 0 Å². The number of hydrogen-bond donors (Lipinski definition) is 0. The maximum Gasteiger partial charge on any atom is 0.268 e. The molecule has 5 heteroatoms. The number of carbonyl (C=O) groups excluding carboxylic acids is 1. The van der Waals surface area contributed by atoms with E-state index in [1.54, 1.807) is 7.05 Å². The number of benzene rings is 1. The minimum Gasteiger partial charge on any atom is -0.340 e. The topological polar surface area (TPSA) is 22.0 Å². The van der Waals surface area contributed by atoms with E-state index in [-0.39, 0.29) is 5.69 Å². The Hall–Kier alpha value is -1.42. The van der Waals surface area contributed by atoms with Crippen LogP contribution in [0.4, 0.5) is 8.78 Å². The van der Waals surface area contributed by atoms with E-state index in [0.29, 0.717) is 10.9 Å². The number of aryl methyl sites for hydroxylation is 1. The van der Waals surface area contributed by atoms with Gasteiger partial charge in [0.2, 0.25) is 0 Å². The summed E-state index contributed by atoms with van der Waals surface area (Å²) in [6, 6.07) is 3.50. The van der Waals surface area contributed by atoms with Gasteiger partial charge in [0.05, 0.1) is 5.52 Å². The summed E-state index contributed by atoms with van der Waals surface area (Å²) in [5, 5.41) is -0.213. The van der Waals surface area contributed by atoms with Crippen LogP contribution in [0.15, 0.2) is 18.2 Å². The zero-order valence-corrected chi connectivity index (χ0v) is 8.48. The summed E-state index contributed by atoms with van der Waals surface area (Å²) in [4.78, 5) is 11.0. The molecule has 0 aliphatic carbocycles. The molecule has 0 unspecified atom stereocenters. The fourth-order valence-electron chi connectivity index (χ4n) is 1.52. The van der Waals surface area contributed by atoms with Crippen LogP contribution >= 0.6 is 11.6 Å². The van der Waals surface area contributed by atoms with E-state index in [0.717, 1.165) is 12.1 Å². The van der Waals surface area contributed by atoms with Gasteiger partial charge in [-0.3, -0.25) is 4.79 Å². The van der Waals surface area contributed by atoms with Crippen molar-refractivity contribution in [3.63, 3.8) is 0 Å². The molecular weight excluding hydrogens is 224 g/mol. The van der Waals surface area contributed by atoms with E-state index in [1.807, 2.05) is 0 Å². The molecule has 0 aliphatic rings. The lowest BCUT2D eigenvalue weighted by Gasteiger charge is -1.99. The van der Waals surface area contributed by atoms with Crippen LogP contribution in [0.1, 0.15) is 10.5 Å². The van der Waals surface area contributed by atoms with Crippen molar-refractivity contribution in [2.24, 2.45) is 7.05 Å². The van der Waals surface area contributed by atoms with E-state index in [1.165, 1.54) is 10.6 Å². The predicted molar refractivity (Wildman–Crippen MR) is 53.0 cm³/mol. The van der Waals surface area contributed by atoms with Gasteiger partial charge in [-0.05, 0) is 23.7 Å². The zero-order chi connectivity index (χ0) is 11.2. The average Bonchev–Trinajstić information content (AvgIpc) is 2.46. The second-order valence-corrected chi connectivity index (χ2v) is 3.53. The second-order valence-electron chi connectivity index (χ2n) is 3.19. The van der Waals surface area contributed by atoms with Gasteiger partial charge in [-0.25, -0.2) is 8.78 Å². The van der Waals surface area contributed by atoms with E-state index >= 15 is 0 Å². The molecule has 0 aliphatic heterocycles. The molecule has 2 rings (SSSR count). The molecule has 0 N–H and O–H groups in total. The molecule has 0 fully saturated rings. The van der Waals surface area contributed by atoms with Gasteiger partial charge in [-0.1, -0.05) is 0 Å². The van der Waals surface area contributed by atoms with Gasteiger partial charge in [-0.15, -0.1) is 0 Å². The summed E-state index contributed by atoms with van der Waals surface area (Å²) in [5.74, 6) is -1.89. The van der Waals surface area contributed by atoms with Crippen LogP contribution in [0.25, 0.3) is 10.9 Å². The third-order valence-electron chi connectivity index (χ3n) is 2.29. The average molecular weight is 230 g/mol. The monoisotopic (exact) mass is 229 g/mol. The lowest BCUT2D eigenvalue weighted by molar-refractivity contribution is 0.107. The highest BCUT2D eigenvalue weighted by Crippen LogP contribution is 2.22. The van der Waals surface area contributed by atoms with E-state index in [4.69, 9.17) is 11.6 Å². The summed E-state index contributed by atoms with van der Waals surface area (Å²) < 4.78 is 27.2. The fraction of sp³-hybridized carbons (Fsp3) is 0.100. The van der Waals surface area contributed by atoms with Crippen molar-refractivity contribution in [1.82, 2.24) is 4.57 Å². The Bertz CT molecular complexity index is 562. The van der Waals surface area contributed by atoms with E-state index in [2.05, 4.69) is 0 Å². The van der Waals surface area contributed by atoms with Crippen molar-refractivity contribution in [2.45, 2.75) is 0 Å². The van der Waals surface area contributed by atoms with Crippen LogP contribution in [-0.4, -0.2) is 9.81 Å². The lowest BCUT2D eigenvalue weighted by atomic mass is 10.2. The molecule has 0 radical (unpaired) electrons. The third kappa shape index (κ3) is 1.51. The number of carbonyl (C=O) groups is 1. The molecule has 15 heavy (non-hydrogen) atoms. The van der Waals surface area contributed by atoms with Gasteiger partial charge in [0.25, 0.3) is 5.24 Å². The van der Waals surface area contributed by atoms with E-state index < -0.39 is 16.9 Å². The Kier molecular flexibility index (Phi) is 2.23. The molecule has 78 valence electrons. The van der Waals surface area contributed by atoms with Crippen LogP contribution in [0.2, 0.25) is 0 Å². The van der Waals surface area contributed by atoms with Gasteiger partial charge < -0.3 is 4.57 Å². The smallest absolute Gasteiger partial charge is 0.268 e. The number of hydrogen-bond acceptors (Lipinski definition) is 1. The van der Waals surface area contributed by atoms with Gasteiger partial charge in [0, 0.05) is 18.5 Å². The Balaban J connectivity index is 2.83. The van der Waals surface area contributed by atoms with Gasteiger partial charge in [0.15, 0.2) is 11.6 Å². The molecule has 1 aromatic heterocycles. The molecule has 1 aromatic carbocycles. The van der Waals surface area contributed by atoms with Gasteiger partial charge in [-0.2, -0.15) is 0 Å². The minimum atomic E-state index is -0.947. The number of halogens is 3. The summed E-state index contributed by atoms with van der Waals surface area (Å²) in [7, 11) is 1.56. The van der Waals surface area contributed by atoms with Crippen LogP contribution < -0.4 is 0 Å². The number of nitrogens with zero attached hydrogens (tertiary/aromatic N) is 1. The molecule has 0 saturated carbocycles. The maximum absolute atomic E-state index is 12.9. The minimum absolute atomic E-state index is 0.205. The molecule has 0 atom stereocenters. The largest absolute Gasteiger partial charge is 0.340 e. The maximum atomic E-state index is 12.9. The second kappa shape index (κ2) is 3.31. The molecule has 0 spiro atoms. The van der Waals surface area contributed by atoms with Gasteiger partial charge in [0.1, 0.15) is 5.69 Å². The molecule has 1 heterocycles. The van der Waals surface area contributed by atoms with Gasteiger partial charge >= 0.3 is 0 Å². The summed E-state index contributed by atoms with van der Waals surface area (Å²) in [6.45, 7) is 0. The fourth-order valence-corrected chi connectivity index (χ4v) is 1.70. The molecule has 2 nitrogen and oxygen atoms in total. The van der Waals surface area contributed by atoms with Crippen molar-refractivity contribution >= 4 is 27.7 Å². The van der Waals surface area contributed by atoms with Crippen molar-refractivity contribution in [3.8, 4) is 0 Å². The highest BCUT2D eigenvalue weighted by atomic mass is 35.5. The van der Waals surface area contributed by atoms with Crippen molar-refractivity contribution in [2.75, 3.05) is 0 Å². The van der Waals surface area contributed by atoms with Crippen LogP contribution in [0, 0.1) is 11.6 Å². The number of rotatable bonds is 1. The summed E-state index contributed by atoms with van der Waals surface area (Å²) >= 11 is 5.31. The first-order chi connectivity index (χ1) is 7.00. The normalized spacial score (nSPS) is 10.9. The van der Waals surface area contributed by atoms with Crippen molar-refractivity contribution < 1.29 is 13.6 Å². The third-order valence-corrected chi connectivity index (χ3v) is 2.48. The molecule has 2 aromatic rings. The summed E-state index contributed by atoms with van der Waals surface area (Å²) in [6.07, 6.45) is 0. The first-order valence-corrected chi connectivity index (χ1v) is 4.53. The van der Waals surface area contributed by atoms with Crippen molar-refractivity contribution in [3.05, 3.63) is 35.5 Å². The number of aromatic nitrogens is 1. The number of fused-ring (bicyclic) bond motifs is 1. The van der Waals surface area contributed by atoms with Crippen molar-refractivity contribution in [1.29, 1.82) is 0 Å². The quantitative estimate of drug-likeness (QED) is 0.690. The molecule has 0 bridgehead atoms. The summed E-state index contributed by atoms with van der Waals surface area (Å²) in [5.41, 5.74) is 0.634. The van der Waals surface area contributed by atoms with E-state index in [9.17, 15) is 13.6 Å². The lowest BCUT2D eigenvalue weighted by Crippen LogP contribution is -1.98. The Morgan fingerprint density at radius 1 is 1.27 bits per heavy atom. The molecular formula is C10H6ClF2NO. The van der Waals surface area contributed by atoms with Crippen LogP contribution in [0.3, 0.4) is 0 Å². The predicted octanol–water partition coefficient (Wildman–Crippen LogP) is 2.84. The van der Waals surface area contributed by atoms with Crippen LogP contribution in [-0.2, 0) is 7.05 Å². The Labute approximate surface area is 89.1 Å². The standard InChI is InChI=1S/C10H6ClF2NO/c1-14-8-4-7(13)6(12)2-5(8)3-9(14)10(11)15/h2-4H,1H3. The highest BCUT2D eigenvalue weighted by Gasteiger charge is 2.13. The highest BCUT2D eigenvalue weighted by molar-refractivity contribution is 6.67. The SMILES string of the molecule is Cn1c(C(=O)Cl)cc2cc(F)c(F)cc21. The first-order valence-electron chi connectivity index (χ1n) is 4.15. The first kappa shape index (κ1) is 10.1. The Morgan fingerprint density at radius 2 is 1.87 bits per heavy atom. The Morgan fingerprint density at radius 3 is 2.47 bits per heavy atom. The molecule has 0 saturated heterocycles.